The van der Waals surface area contributed by atoms with Gasteiger partial charge in [0, 0.05) is 5.56 Å². The highest BCUT2D eigenvalue weighted by Gasteiger charge is 2.41. The average molecular weight is 694 g/mol. The zero-order valence-corrected chi connectivity index (χ0v) is 29.1. The van der Waals surface area contributed by atoms with Gasteiger partial charge in [-0.05, 0) is 60.2 Å². The summed E-state index contributed by atoms with van der Waals surface area (Å²) < 4.78 is 26.3. The van der Waals surface area contributed by atoms with Crippen LogP contribution in [0.3, 0.4) is 0 Å². The Kier molecular flexibility index (Phi) is 14.1. The molecular formula is C38H47NO11. The Morgan fingerprint density at radius 3 is 2.14 bits per heavy atom. The highest BCUT2D eigenvalue weighted by atomic mass is 16.6. The van der Waals surface area contributed by atoms with Crippen molar-refractivity contribution in [3.63, 3.8) is 0 Å². The summed E-state index contributed by atoms with van der Waals surface area (Å²) >= 11 is 0. The first-order valence-electron chi connectivity index (χ1n) is 17.0. The van der Waals surface area contributed by atoms with Gasteiger partial charge in [0.1, 0.15) is 25.9 Å². The molecule has 0 radical (unpaired) electrons. The van der Waals surface area contributed by atoms with Crippen LogP contribution < -0.4 is 0 Å². The lowest BCUT2D eigenvalue weighted by atomic mass is 9.75. The van der Waals surface area contributed by atoms with Gasteiger partial charge < -0.3 is 33.6 Å². The maximum atomic E-state index is 13.3. The minimum Gasteiger partial charge on any atom is -0.469 e. The fourth-order valence-electron chi connectivity index (χ4n) is 5.95. The number of aliphatic hydroxyl groups is 1. The molecule has 270 valence electrons. The van der Waals surface area contributed by atoms with E-state index in [1.807, 2.05) is 55.5 Å². The molecule has 50 heavy (non-hydrogen) atoms. The second-order valence-electron chi connectivity index (χ2n) is 12.8. The summed E-state index contributed by atoms with van der Waals surface area (Å²) in [6, 6.07) is 18.1. The number of hydrogen-bond donors (Lipinski definition) is 1. The van der Waals surface area contributed by atoms with Crippen LogP contribution >= 0.6 is 0 Å². The Labute approximate surface area is 292 Å². The van der Waals surface area contributed by atoms with Gasteiger partial charge in [-0.15, -0.1) is 0 Å². The minimum atomic E-state index is -1.03. The van der Waals surface area contributed by atoms with E-state index in [0.717, 1.165) is 27.1 Å². The first-order chi connectivity index (χ1) is 24.1. The van der Waals surface area contributed by atoms with E-state index in [4.69, 9.17) is 28.5 Å². The molecular weight excluding hydrogens is 646 g/mol. The first-order valence-corrected chi connectivity index (χ1v) is 17.0. The van der Waals surface area contributed by atoms with E-state index in [-0.39, 0.29) is 51.8 Å². The van der Waals surface area contributed by atoms with Gasteiger partial charge in [-0.3, -0.25) is 19.2 Å². The van der Waals surface area contributed by atoms with Gasteiger partial charge in [0.2, 0.25) is 0 Å². The van der Waals surface area contributed by atoms with Crippen molar-refractivity contribution in [3.8, 4) is 0 Å². The lowest BCUT2D eigenvalue weighted by Crippen LogP contribution is -2.36. The SMILES string of the molecule is CCC(C)(CC(CC(CC(C)C(=O)OCCON=Cc1c2ccccc2cc2ccccc12)C(=O)OCCO)C(=O)OCC1CO1)C(=O)OC. The van der Waals surface area contributed by atoms with Gasteiger partial charge in [-0.25, -0.2) is 0 Å². The van der Waals surface area contributed by atoms with Crippen LogP contribution in [0.25, 0.3) is 21.5 Å². The molecule has 5 atom stereocenters. The summed E-state index contributed by atoms with van der Waals surface area (Å²) in [4.78, 5) is 57.5. The van der Waals surface area contributed by atoms with E-state index >= 15 is 0 Å². The van der Waals surface area contributed by atoms with Crippen molar-refractivity contribution < 1.29 is 52.8 Å². The second-order valence-corrected chi connectivity index (χ2v) is 12.8. The van der Waals surface area contributed by atoms with Crippen molar-refractivity contribution >= 4 is 51.6 Å². The molecule has 12 heteroatoms. The summed E-state index contributed by atoms with van der Waals surface area (Å²) in [7, 11) is 1.28. The van der Waals surface area contributed by atoms with Gasteiger partial charge in [-0.1, -0.05) is 67.5 Å². The number of aliphatic hydroxyl groups excluding tert-OH is 1. The average Bonchev–Trinajstić information content (AvgIpc) is 3.97. The van der Waals surface area contributed by atoms with Crippen LogP contribution in [0.2, 0.25) is 0 Å². The fourth-order valence-corrected chi connectivity index (χ4v) is 5.95. The van der Waals surface area contributed by atoms with Crippen LogP contribution in [-0.4, -0.2) is 88.1 Å². The van der Waals surface area contributed by atoms with Gasteiger partial charge in [0.15, 0.2) is 6.61 Å². The maximum Gasteiger partial charge on any atom is 0.311 e. The monoisotopic (exact) mass is 693 g/mol. The van der Waals surface area contributed by atoms with Gasteiger partial charge >= 0.3 is 23.9 Å². The topological polar surface area (TPSA) is 160 Å². The number of benzene rings is 3. The molecule has 0 saturated carbocycles. The number of carbonyl (C=O) groups excluding carboxylic acids is 4. The van der Waals surface area contributed by atoms with Crippen LogP contribution in [0, 0.1) is 23.2 Å². The molecule has 0 aliphatic carbocycles. The van der Waals surface area contributed by atoms with Crippen molar-refractivity contribution in [3.05, 3.63) is 60.2 Å². The lowest BCUT2D eigenvalue weighted by molar-refractivity contribution is -0.159. The Morgan fingerprint density at radius 1 is 0.920 bits per heavy atom. The Balaban J connectivity index is 1.37. The molecule has 3 aromatic carbocycles. The molecule has 1 N–H and O–H groups in total. The van der Waals surface area contributed by atoms with Gasteiger partial charge in [0.25, 0.3) is 0 Å². The molecule has 4 rings (SSSR count). The van der Waals surface area contributed by atoms with E-state index in [9.17, 15) is 24.3 Å². The zero-order chi connectivity index (χ0) is 36.1. The van der Waals surface area contributed by atoms with Gasteiger partial charge in [-0.2, -0.15) is 0 Å². The van der Waals surface area contributed by atoms with E-state index in [1.165, 1.54) is 7.11 Å². The number of oxime groups is 1. The van der Waals surface area contributed by atoms with Crippen LogP contribution in [0.1, 0.15) is 52.0 Å². The van der Waals surface area contributed by atoms with Crippen molar-refractivity contribution in [2.75, 3.05) is 46.8 Å². The predicted molar refractivity (Wildman–Crippen MR) is 185 cm³/mol. The number of esters is 4. The minimum absolute atomic E-state index is 0.00137. The standard InChI is InChI=1S/C38H47NO11/c1-5-38(3,37(44)45-4)21-29(36(43)49-24-30-23-48-30)20-28(35(42)46-15-14-40)18-25(2)34(41)47-16-17-50-39-22-33-31-12-8-6-10-26(31)19-27-11-7-9-13-32(27)33/h6-13,19,22,25,28-30,40H,5,14-18,20-21,23-24H2,1-4H3. The Hall–Kier alpha value is -4.55. The number of methoxy groups -OCH3 is 1. The highest BCUT2D eigenvalue weighted by molar-refractivity contribution is 6.13. The molecule has 12 nitrogen and oxygen atoms in total. The van der Waals surface area contributed by atoms with E-state index in [0.29, 0.717) is 13.0 Å². The van der Waals surface area contributed by atoms with Gasteiger partial charge in [0.05, 0.1) is 49.7 Å². The van der Waals surface area contributed by atoms with Crippen molar-refractivity contribution in [2.24, 2.45) is 28.3 Å². The third kappa shape index (κ3) is 10.5. The normalized spacial score (nSPS) is 17.0. The number of rotatable bonds is 20. The second kappa shape index (κ2) is 18.4. The van der Waals surface area contributed by atoms with E-state index in [2.05, 4.69) is 11.2 Å². The molecule has 0 amide bonds. The molecule has 1 aliphatic heterocycles. The predicted octanol–water partition coefficient (Wildman–Crippen LogP) is 4.99. The number of nitrogens with zero attached hydrogens (tertiary/aromatic N) is 1. The molecule has 1 aliphatic rings. The van der Waals surface area contributed by atoms with Crippen LogP contribution in [0.15, 0.2) is 59.8 Å². The quantitative estimate of drug-likeness (QED) is 0.0323. The molecule has 3 aromatic rings. The molecule has 1 fully saturated rings. The van der Waals surface area contributed by atoms with Crippen molar-refractivity contribution in [1.82, 2.24) is 0 Å². The number of ether oxygens (including phenoxy) is 5. The molecule has 0 spiro atoms. The Bertz CT molecular complexity index is 1600. The first kappa shape index (κ1) is 38.3. The molecule has 1 saturated heterocycles. The smallest absolute Gasteiger partial charge is 0.311 e. The summed E-state index contributed by atoms with van der Waals surface area (Å²) in [5.74, 6) is -4.92. The third-order valence-electron chi connectivity index (χ3n) is 9.07. The van der Waals surface area contributed by atoms with Crippen molar-refractivity contribution in [2.45, 2.75) is 52.6 Å². The Morgan fingerprint density at radius 2 is 1.54 bits per heavy atom. The van der Waals surface area contributed by atoms with Crippen LogP contribution in [-0.2, 0) is 47.7 Å². The number of carbonyl (C=O) groups is 4. The fraction of sp³-hybridized carbons (Fsp3) is 0.500. The van der Waals surface area contributed by atoms with E-state index in [1.54, 1.807) is 20.1 Å². The highest BCUT2D eigenvalue weighted by Crippen LogP contribution is 2.36. The maximum absolute atomic E-state index is 13.3. The third-order valence-corrected chi connectivity index (χ3v) is 9.07. The van der Waals surface area contributed by atoms with E-state index < -0.39 is 53.7 Å². The molecule has 0 aromatic heterocycles. The summed E-state index contributed by atoms with van der Waals surface area (Å²) in [5.41, 5.74) is -0.112. The summed E-state index contributed by atoms with van der Waals surface area (Å²) in [5, 5.41) is 17.6. The summed E-state index contributed by atoms with van der Waals surface area (Å²) in [6.07, 6.45) is 1.84. The number of fused-ring (bicyclic) bond motifs is 2. The molecule has 5 unspecified atom stereocenters. The zero-order valence-electron chi connectivity index (χ0n) is 29.1. The number of epoxide rings is 1. The summed E-state index contributed by atoms with van der Waals surface area (Å²) in [6.45, 7) is 4.94. The van der Waals surface area contributed by atoms with Crippen LogP contribution in [0.4, 0.5) is 0 Å². The molecule has 1 heterocycles. The van der Waals surface area contributed by atoms with Crippen LogP contribution in [0.5, 0.6) is 0 Å². The van der Waals surface area contributed by atoms with Crippen molar-refractivity contribution in [1.29, 1.82) is 0 Å². The number of hydrogen-bond acceptors (Lipinski definition) is 12. The lowest BCUT2D eigenvalue weighted by Gasteiger charge is -2.30. The molecule has 0 bridgehead atoms. The largest absolute Gasteiger partial charge is 0.469 e.